The van der Waals surface area contributed by atoms with Crippen molar-refractivity contribution in [2.45, 2.75) is 20.8 Å². The van der Waals surface area contributed by atoms with Gasteiger partial charge < -0.3 is 10.1 Å². The summed E-state index contributed by atoms with van der Waals surface area (Å²) >= 11 is 0. The largest absolute Gasteiger partial charge is 0.464 e. The quantitative estimate of drug-likeness (QED) is 0.484. The molecule has 0 bridgehead atoms. The number of pyridine rings is 1. The van der Waals surface area contributed by atoms with Gasteiger partial charge in [-0.15, -0.1) is 0 Å². The Morgan fingerprint density at radius 1 is 1.44 bits per heavy atom. The van der Waals surface area contributed by atoms with E-state index in [0.29, 0.717) is 22.8 Å². The van der Waals surface area contributed by atoms with Crippen molar-refractivity contribution in [3.63, 3.8) is 0 Å². The number of esters is 1. The molecule has 0 atom stereocenters. The second kappa shape index (κ2) is 5.90. The van der Waals surface area contributed by atoms with Gasteiger partial charge in [-0.05, 0) is 32.9 Å². The number of hydrogen-bond donors (Lipinski definition) is 2. The minimum Gasteiger partial charge on any atom is -0.464 e. The number of aryl methyl sites for hydroxylation is 1. The number of hydrogen-bond acceptors (Lipinski definition) is 6. The molecule has 2 N–H and O–H groups in total. The predicted molar refractivity (Wildman–Crippen MR) is 70.4 cm³/mol. The van der Waals surface area contributed by atoms with E-state index in [1.165, 1.54) is 7.11 Å². The van der Waals surface area contributed by atoms with Crippen LogP contribution in [0.4, 0.5) is 5.69 Å². The molecule has 0 aliphatic rings. The van der Waals surface area contributed by atoms with E-state index in [-0.39, 0.29) is 5.69 Å². The molecule has 1 heterocycles. The summed E-state index contributed by atoms with van der Waals surface area (Å²) in [7, 11) is 1.30. The Balaban J connectivity index is 3.05. The summed E-state index contributed by atoms with van der Waals surface area (Å²) in [5, 5.41) is 11.4. The SMILES string of the molecule is COC(=O)c1nc(C)ccc1N/N=C(/C)C(C)=N. The van der Waals surface area contributed by atoms with E-state index in [9.17, 15) is 4.79 Å². The van der Waals surface area contributed by atoms with Gasteiger partial charge in [0, 0.05) is 5.69 Å². The Bertz CT molecular complexity index is 509. The molecule has 6 heteroatoms. The molecule has 0 spiro atoms. The standard InChI is InChI=1S/C12H16N4O2/c1-7-5-6-10(11(14-7)12(17)18-4)16-15-9(3)8(2)13/h5-6,13,16H,1-4H3/b13-8?,15-9-. The van der Waals surface area contributed by atoms with Crippen molar-refractivity contribution in [3.05, 3.63) is 23.5 Å². The zero-order valence-electron chi connectivity index (χ0n) is 10.9. The Labute approximate surface area is 106 Å². The average Bonchev–Trinajstić information content (AvgIpc) is 2.35. The van der Waals surface area contributed by atoms with Crippen LogP contribution in [0.1, 0.15) is 30.0 Å². The van der Waals surface area contributed by atoms with Gasteiger partial charge in [0.15, 0.2) is 5.69 Å². The lowest BCUT2D eigenvalue weighted by Gasteiger charge is -2.07. The number of hydrazone groups is 1. The van der Waals surface area contributed by atoms with E-state index in [0.717, 1.165) is 0 Å². The van der Waals surface area contributed by atoms with Gasteiger partial charge in [-0.25, -0.2) is 9.78 Å². The third kappa shape index (κ3) is 3.38. The second-order valence-electron chi connectivity index (χ2n) is 3.77. The molecule has 0 aromatic carbocycles. The highest BCUT2D eigenvalue weighted by atomic mass is 16.5. The van der Waals surface area contributed by atoms with E-state index >= 15 is 0 Å². The summed E-state index contributed by atoms with van der Waals surface area (Å²) in [4.78, 5) is 15.7. The third-order valence-corrected chi connectivity index (χ3v) is 2.30. The number of methoxy groups -OCH3 is 1. The first-order valence-corrected chi connectivity index (χ1v) is 5.37. The smallest absolute Gasteiger partial charge is 0.358 e. The van der Waals surface area contributed by atoms with Crippen molar-refractivity contribution in [1.82, 2.24) is 4.98 Å². The molecule has 6 nitrogen and oxygen atoms in total. The molecular formula is C12H16N4O2. The zero-order chi connectivity index (χ0) is 13.7. The molecule has 0 aliphatic heterocycles. The fourth-order valence-electron chi connectivity index (χ4n) is 1.13. The monoisotopic (exact) mass is 248 g/mol. The van der Waals surface area contributed by atoms with Crippen LogP contribution in [0.25, 0.3) is 0 Å². The van der Waals surface area contributed by atoms with Gasteiger partial charge in [0.25, 0.3) is 0 Å². The number of rotatable bonds is 4. The fraction of sp³-hybridized carbons (Fsp3) is 0.333. The first-order chi connectivity index (χ1) is 8.45. The molecule has 0 unspecified atom stereocenters. The minimum absolute atomic E-state index is 0.177. The Hall–Kier alpha value is -2.24. The maximum Gasteiger partial charge on any atom is 0.358 e. The number of ether oxygens (including phenoxy) is 1. The molecule has 0 aliphatic carbocycles. The van der Waals surface area contributed by atoms with Gasteiger partial charge >= 0.3 is 5.97 Å². The summed E-state index contributed by atoms with van der Waals surface area (Å²) < 4.78 is 4.65. The molecule has 0 fully saturated rings. The summed E-state index contributed by atoms with van der Waals surface area (Å²) in [6.07, 6.45) is 0. The summed E-state index contributed by atoms with van der Waals surface area (Å²) in [5.74, 6) is -0.527. The van der Waals surface area contributed by atoms with Crippen LogP contribution in [0, 0.1) is 12.3 Å². The van der Waals surface area contributed by atoms with Crippen LogP contribution in [-0.4, -0.2) is 29.5 Å². The van der Waals surface area contributed by atoms with Crippen LogP contribution in [0.5, 0.6) is 0 Å². The van der Waals surface area contributed by atoms with Crippen molar-refractivity contribution < 1.29 is 9.53 Å². The summed E-state index contributed by atoms with van der Waals surface area (Å²) in [6.45, 7) is 5.12. The van der Waals surface area contributed by atoms with Gasteiger partial charge in [0.05, 0.1) is 24.2 Å². The number of anilines is 1. The lowest BCUT2D eigenvalue weighted by molar-refractivity contribution is 0.0595. The van der Waals surface area contributed by atoms with Crippen LogP contribution in [0.2, 0.25) is 0 Å². The predicted octanol–water partition coefficient (Wildman–Crippen LogP) is 2.00. The third-order valence-electron chi connectivity index (χ3n) is 2.30. The zero-order valence-corrected chi connectivity index (χ0v) is 10.9. The van der Waals surface area contributed by atoms with E-state index in [2.05, 4.69) is 20.2 Å². The molecule has 96 valence electrons. The fourth-order valence-corrected chi connectivity index (χ4v) is 1.13. The molecule has 0 saturated heterocycles. The lowest BCUT2D eigenvalue weighted by atomic mass is 10.2. The number of carbonyl (C=O) groups excluding carboxylic acids is 1. The van der Waals surface area contributed by atoms with Crippen LogP contribution in [-0.2, 0) is 4.74 Å². The van der Waals surface area contributed by atoms with Gasteiger partial charge in [-0.2, -0.15) is 5.10 Å². The Morgan fingerprint density at radius 3 is 2.67 bits per heavy atom. The molecule has 0 saturated carbocycles. The topological polar surface area (TPSA) is 87.4 Å². The van der Waals surface area contributed by atoms with Crippen molar-refractivity contribution in [3.8, 4) is 0 Å². The number of aromatic nitrogens is 1. The van der Waals surface area contributed by atoms with Crippen molar-refractivity contribution >= 4 is 23.1 Å². The van der Waals surface area contributed by atoms with Gasteiger partial charge in [0.1, 0.15) is 0 Å². The number of nitrogens with one attached hydrogen (secondary N) is 2. The van der Waals surface area contributed by atoms with Crippen LogP contribution in [0.15, 0.2) is 17.2 Å². The lowest BCUT2D eigenvalue weighted by Crippen LogP contribution is -2.11. The minimum atomic E-state index is -0.527. The van der Waals surface area contributed by atoms with Crippen molar-refractivity contribution in [2.24, 2.45) is 5.10 Å². The molecule has 1 rings (SSSR count). The molecule has 0 amide bonds. The van der Waals surface area contributed by atoms with Crippen LogP contribution in [0.3, 0.4) is 0 Å². The summed E-state index contributed by atoms with van der Waals surface area (Å²) in [6, 6.07) is 3.46. The normalized spacial score (nSPS) is 11.0. The summed E-state index contributed by atoms with van der Waals surface area (Å²) in [5.41, 5.74) is 4.95. The van der Waals surface area contributed by atoms with Crippen LogP contribution >= 0.6 is 0 Å². The van der Waals surface area contributed by atoms with E-state index in [4.69, 9.17) is 5.41 Å². The van der Waals surface area contributed by atoms with Crippen molar-refractivity contribution in [2.75, 3.05) is 12.5 Å². The number of nitrogens with zero attached hydrogens (tertiary/aromatic N) is 2. The molecular weight excluding hydrogens is 232 g/mol. The Kier molecular flexibility index (Phi) is 4.53. The van der Waals surface area contributed by atoms with E-state index in [1.807, 2.05) is 0 Å². The highest BCUT2D eigenvalue weighted by molar-refractivity contribution is 6.39. The van der Waals surface area contributed by atoms with Crippen LogP contribution < -0.4 is 5.43 Å². The molecule has 0 radical (unpaired) electrons. The van der Waals surface area contributed by atoms with Crippen molar-refractivity contribution in [1.29, 1.82) is 5.41 Å². The maximum atomic E-state index is 11.5. The maximum absolute atomic E-state index is 11.5. The molecule has 18 heavy (non-hydrogen) atoms. The van der Waals surface area contributed by atoms with E-state index in [1.54, 1.807) is 32.9 Å². The van der Waals surface area contributed by atoms with Gasteiger partial charge in [-0.1, -0.05) is 0 Å². The van der Waals surface area contributed by atoms with E-state index < -0.39 is 5.97 Å². The first kappa shape index (κ1) is 13.8. The second-order valence-corrected chi connectivity index (χ2v) is 3.77. The molecule has 1 aromatic rings. The Morgan fingerprint density at radius 2 is 2.11 bits per heavy atom. The number of carbonyl (C=O) groups is 1. The highest BCUT2D eigenvalue weighted by Gasteiger charge is 2.13. The average molecular weight is 248 g/mol. The highest BCUT2D eigenvalue weighted by Crippen LogP contribution is 2.15. The first-order valence-electron chi connectivity index (χ1n) is 5.37. The van der Waals surface area contributed by atoms with Gasteiger partial charge in [-0.3, -0.25) is 5.43 Å². The molecule has 1 aromatic heterocycles. The van der Waals surface area contributed by atoms with Gasteiger partial charge in [0.2, 0.25) is 0 Å².